The van der Waals surface area contributed by atoms with Crippen LogP contribution in [0.25, 0.3) is 10.2 Å². The van der Waals surface area contributed by atoms with Gasteiger partial charge >= 0.3 is 0 Å². The molecule has 1 aliphatic carbocycles. The normalized spacial score (nSPS) is 15.6. The monoisotopic (exact) mass is 549 g/mol. The molecule has 210 valence electrons. The number of thiazole rings is 1. The number of nitrogens with one attached hydrogen (secondary N) is 1. The van der Waals surface area contributed by atoms with Gasteiger partial charge in [0, 0.05) is 31.7 Å². The Morgan fingerprint density at radius 3 is 2.59 bits per heavy atom. The summed E-state index contributed by atoms with van der Waals surface area (Å²) in [5, 5.41) is 13.1. The van der Waals surface area contributed by atoms with Crippen molar-refractivity contribution in [2.45, 2.75) is 110 Å². The minimum Gasteiger partial charge on any atom is -0.353 e. The number of carbonyl (C=O) groups is 3. The number of fused-ring (bicyclic) bond motifs is 1. The molecule has 0 radical (unpaired) electrons. The third-order valence-corrected chi connectivity index (χ3v) is 8.84. The average Bonchev–Trinajstić information content (AvgIpc) is 3.33. The number of allylic oxidation sites excluding steroid dienone is 1. The first kappa shape index (κ1) is 30.7. The summed E-state index contributed by atoms with van der Waals surface area (Å²) in [5.41, 5.74) is 2.13. The van der Waals surface area contributed by atoms with E-state index in [4.69, 9.17) is 10.2 Å². The van der Waals surface area contributed by atoms with E-state index in [0.717, 1.165) is 40.9 Å². The minimum atomic E-state index is -0.507. The van der Waals surface area contributed by atoms with Gasteiger partial charge in [-0.1, -0.05) is 65.5 Å². The van der Waals surface area contributed by atoms with Gasteiger partial charge in [0.1, 0.15) is 11.9 Å². The molecule has 2 aromatic rings. The molecule has 0 unspecified atom stereocenters. The fourth-order valence-electron chi connectivity index (χ4n) is 5.47. The fraction of sp³-hybridized carbons (Fsp3) is 0.594. The van der Waals surface area contributed by atoms with Gasteiger partial charge < -0.3 is 5.32 Å². The van der Waals surface area contributed by atoms with Crippen molar-refractivity contribution in [1.29, 1.82) is 5.26 Å². The zero-order valence-electron chi connectivity index (χ0n) is 23.8. The number of carbonyl (C=O) groups excluding carboxylic acids is 3. The second kappa shape index (κ2) is 15.1. The van der Waals surface area contributed by atoms with E-state index < -0.39 is 5.92 Å². The molecule has 1 aromatic heterocycles. The Labute approximate surface area is 237 Å². The maximum atomic E-state index is 13.7. The average molecular weight is 550 g/mol. The van der Waals surface area contributed by atoms with Gasteiger partial charge in [0.15, 0.2) is 5.78 Å². The van der Waals surface area contributed by atoms with Crippen molar-refractivity contribution < 1.29 is 14.4 Å². The predicted octanol–water partition coefficient (Wildman–Crippen LogP) is 7.22. The number of aromatic nitrogens is 1. The van der Waals surface area contributed by atoms with Crippen molar-refractivity contribution in [3.05, 3.63) is 40.9 Å². The lowest BCUT2D eigenvalue weighted by Crippen LogP contribution is -2.41. The van der Waals surface area contributed by atoms with Gasteiger partial charge in [-0.25, -0.2) is 4.98 Å². The Bertz CT molecular complexity index is 1200. The summed E-state index contributed by atoms with van der Waals surface area (Å²) < 4.78 is 1.10. The van der Waals surface area contributed by atoms with Gasteiger partial charge in [-0.05, 0) is 48.8 Å². The van der Waals surface area contributed by atoms with E-state index in [-0.39, 0.29) is 41.9 Å². The van der Waals surface area contributed by atoms with Gasteiger partial charge in [0.2, 0.25) is 5.91 Å². The largest absolute Gasteiger partial charge is 0.353 e. The van der Waals surface area contributed by atoms with Crippen LogP contribution in [0.5, 0.6) is 0 Å². The van der Waals surface area contributed by atoms with Crippen molar-refractivity contribution in [3.63, 3.8) is 0 Å². The Morgan fingerprint density at radius 1 is 1.18 bits per heavy atom. The van der Waals surface area contributed by atoms with Gasteiger partial charge in [0.25, 0.3) is 0 Å². The maximum Gasteiger partial charge on any atom is 0.224 e. The van der Waals surface area contributed by atoms with Gasteiger partial charge in [-0.15, -0.1) is 11.3 Å². The molecule has 3 rings (SSSR count). The van der Waals surface area contributed by atoms with Crippen LogP contribution >= 0.6 is 11.3 Å². The Balaban J connectivity index is 1.77. The zero-order chi connectivity index (χ0) is 28.4. The fourth-order valence-corrected chi connectivity index (χ4v) is 6.57. The summed E-state index contributed by atoms with van der Waals surface area (Å²) >= 11 is 1.59. The molecule has 1 amide bonds. The smallest absolute Gasteiger partial charge is 0.224 e. The van der Waals surface area contributed by atoms with Crippen LogP contribution in [-0.2, 0) is 20.8 Å². The van der Waals surface area contributed by atoms with Crippen molar-refractivity contribution in [1.82, 2.24) is 10.3 Å². The first-order valence-electron chi connectivity index (χ1n) is 14.5. The molecule has 39 heavy (non-hydrogen) atoms. The molecule has 1 saturated carbocycles. The number of ketones is 2. The first-order chi connectivity index (χ1) is 18.7. The van der Waals surface area contributed by atoms with E-state index in [2.05, 4.69) is 37.9 Å². The summed E-state index contributed by atoms with van der Waals surface area (Å²) in [7, 11) is 0. The number of hydrogen-bond acceptors (Lipinski definition) is 6. The molecule has 7 heteroatoms. The van der Waals surface area contributed by atoms with Crippen LogP contribution in [-0.4, -0.2) is 28.5 Å². The zero-order valence-corrected chi connectivity index (χ0v) is 24.6. The first-order valence-corrected chi connectivity index (χ1v) is 15.3. The standard InChI is InChI=1S/C32H43N3O3S/c1-5-9-27(36)17-25(19-31-35-28-14-12-24(21(2)3)18-30(28)39-31)32(38)34-26(13-15-29(37)22(4)20-33)16-23-10-7-6-8-11-23/h12,14,18,21,23,25-26H,4-11,13,15-17,19H2,1-3H3,(H,34,38)/t25-,26+/m0/s1. The number of amides is 1. The molecular formula is C32H43N3O3S. The van der Waals surface area contributed by atoms with Crippen LogP contribution in [0.4, 0.5) is 0 Å². The number of benzene rings is 1. The minimum absolute atomic E-state index is 0.0442. The molecule has 1 fully saturated rings. The van der Waals surface area contributed by atoms with Crippen LogP contribution in [0.15, 0.2) is 30.4 Å². The van der Waals surface area contributed by atoms with Crippen molar-refractivity contribution in [2.75, 3.05) is 0 Å². The SMILES string of the molecule is C=C(C#N)C(=O)CC[C@H](CC1CCCCC1)NC(=O)[C@@H](CC(=O)CCC)Cc1nc2ccc(C(C)C)cc2s1. The molecular weight excluding hydrogens is 506 g/mol. The molecule has 2 atom stereocenters. The highest BCUT2D eigenvalue weighted by Gasteiger charge is 2.28. The lowest BCUT2D eigenvalue weighted by atomic mass is 9.83. The molecule has 1 aromatic carbocycles. The maximum absolute atomic E-state index is 13.7. The van der Waals surface area contributed by atoms with Crippen molar-refractivity contribution in [3.8, 4) is 6.07 Å². The highest BCUT2D eigenvalue weighted by molar-refractivity contribution is 7.18. The van der Waals surface area contributed by atoms with Gasteiger partial charge in [-0.3, -0.25) is 14.4 Å². The molecule has 1 heterocycles. The highest BCUT2D eigenvalue weighted by atomic mass is 32.1. The van der Waals surface area contributed by atoms with Crippen LogP contribution < -0.4 is 5.32 Å². The molecule has 0 spiro atoms. The molecule has 1 aliphatic rings. The third kappa shape index (κ3) is 9.39. The van der Waals surface area contributed by atoms with Crippen LogP contribution in [0.3, 0.4) is 0 Å². The number of rotatable bonds is 15. The van der Waals surface area contributed by atoms with Crippen LogP contribution in [0, 0.1) is 23.2 Å². The third-order valence-electron chi connectivity index (χ3n) is 7.80. The molecule has 0 saturated heterocycles. The Kier molecular flexibility index (Phi) is 11.9. The lowest BCUT2D eigenvalue weighted by molar-refractivity contribution is -0.130. The summed E-state index contributed by atoms with van der Waals surface area (Å²) in [4.78, 5) is 43.5. The number of Topliss-reactive ketones (excluding diaryl/α,β-unsaturated/α-hetero) is 2. The Hall–Kier alpha value is -2.85. The quantitative estimate of drug-likeness (QED) is 0.187. The van der Waals surface area contributed by atoms with E-state index in [0.29, 0.717) is 31.1 Å². The van der Waals surface area contributed by atoms with E-state index >= 15 is 0 Å². The molecule has 0 aliphatic heterocycles. The lowest BCUT2D eigenvalue weighted by Gasteiger charge is -2.28. The van der Waals surface area contributed by atoms with Gasteiger partial charge in [0.05, 0.1) is 26.7 Å². The number of hydrogen-bond donors (Lipinski definition) is 1. The summed E-state index contributed by atoms with van der Waals surface area (Å²) in [6.45, 7) is 9.84. The second-order valence-corrected chi connectivity index (χ2v) is 12.5. The summed E-state index contributed by atoms with van der Waals surface area (Å²) in [6, 6.07) is 7.97. The molecule has 0 bridgehead atoms. The van der Waals surface area contributed by atoms with Crippen molar-refractivity contribution >= 4 is 39.0 Å². The molecule has 1 N–H and O–H groups in total. The predicted molar refractivity (Wildman–Crippen MR) is 158 cm³/mol. The Morgan fingerprint density at radius 2 is 1.92 bits per heavy atom. The number of nitriles is 1. The van der Waals surface area contributed by atoms with Crippen molar-refractivity contribution in [2.24, 2.45) is 11.8 Å². The van der Waals surface area contributed by atoms with Crippen LogP contribution in [0.1, 0.15) is 108 Å². The van der Waals surface area contributed by atoms with E-state index in [9.17, 15) is 14.4 Å². The topological polar surface area (TPSA) is 99.9 Å². The summed E-state index contributed by atoms with van der Waals surface area (Å²) in [5.74, 6) is 0.0959. The molecule has 6 nitrogen and oxygen atoms in total. The van der Waals surface area contributed by atoms with E-state index in [1.807, 2.05) is 19.1 Å². The summed E-state index contributed by atoms with van der Waals surface area (Å²) in [6.07, 6.45) is 9.17. The number of nitrogens with zero attached hydrogens (tertiary/aromatic N) is 2. The highest BCUT2D eigenvalue weighted by Crippen LogP contribution is 2.30. The van der Waals surface area contributed by atoms with E-state index in [1.165, 1.54) is 24.8 Å². The van der Waals surface area contributed by atoms with Gasteiger partial charge in [-0.2, -0.15) is 5.26 Å². The van der Waals surface area contributed by atoms with Crippen LogP contribution in [0.2, 0.25) is 0 Å². The second-order valence-electron chi connectivity index (χ2n) is 11.4. The van der Waals surface area contributed by atoms with E-state index in [1.54, 1.807) is 11.3 Å².